The van der Waals surface area contributed by atoms with Gasteiger partial charge in [-0.15, -0.1) is 18.1 Å². The van der Waals surface area contributed by atoms with E-state index < -0.39 is 20.3 Å². The first-order valence-electron chi connectivity index (χ1n) is 8.17. The van der Waals surface area contributed by atoms with Crippen LogP contribution in [0.2, 0.25) is 0 Å². The van der Waals surface area contributed by atoms with E-state index in [1.54, 1.807) is 12.1 Å². The van der Waals surface area contributed by atoms with Crippen molar-refractivity contribution in [2.24, 2.45) is 0 Å². The number of nitrogens with one attached hydrogen (secondary N) is 2. The number of rotatable bonds is 6. The Labute approximate surface area is 154 Å². The van der Waals surface area contributed by atoms with Gasteiger partial charge in [-0.25, -0.2) is 0 Å². The zero-order valence-corrected chi connectivity index (χ0v) is 14.8. The number of tetrazole rings is 1. The second-order valence-corrected chi connectivity index (χ2v) is 7.79. The summed E-state index contributed by atoms with van der Waals surface area (Å²) in [6.45, 7) is 0. The van der Waals surface area contributed by atoms with Gasteiger partial charge in [0, 0.05) is 11.1 Å². The van der Waals surface area contributed by atoms with Crippen molar-refractivity contribution in [1.29, 1.82) is 0 Å². The number of hydrogen-bond donors (Lipinski definition) is 2. The molecule has 1 unspecified atom stereocenters. The van der Waals surface area contributed by atoms with Crippen LogP contribution in [0.25, 0.3) is 11.1 Å². The van der Waals surface area contributed by atoms with Gasteiger partial charge in [-0.3, -0.25) is 10.1 Å². The third kappa shape index (κ3) is 3.64. The van der Waals surface area contributed by atoms with Crippen molar-refractivity contribution in [3.8, 4) is 11.1 Å². The summed E-state index contributed by atoms with van der Waals surface area (Å²) in [6, 6.07) is 12.3. The number of aromatic amines is 1. The van der Waals surface area contributed by atoms with Crippen molar-refractivity contribution in [2.75, 3.05) is 6.29 Å². The van der Waals surface area contributed by atoms with Gasteiger partial charge in [-0.05, 0) is 29.2 Å². The van der Waals surface area contributed by atoms with Crippen molar-refractivity contribution in [2.45, 2.75) is 12.5 Å². The molecule has 138 valence electrons. The average molecular weight is 383 g/mol. The summed E-state index contributed by atoms with van der Waals surface area (Å²) < 4.78 is 0. The number of fused-ring (bicyclic) bond motifs is 3. The fourth-order valence-corrected chi connectivity index (χ4v) is 3.68. The molecule has 0 spiro atoms. The predicted octanol–water partition coefficient (Wildman–Crippen LogP) is -0.914. The first kappa shape index (κ1) is 17.8. The number of carbonyl (C=O) groups is 1. The molecule has 10 heteroatoms. The lowest BCUT2D eigenvalue weighted by atomic mass is 9.99. The van der Waals surface area contributed by atoms with E-state index >= 15 is 0 Å². The molecule has 9 nitrogen and oxygen atoms in total. The van der Waals surface area contributed by atoms with Crippen LogP contribution in [0.15, 0.2) is 42.5 Å². The molecule has 1 aliphatic carbocycles. The van der Waals surface area contributed by atoms with Gasteiger partial charge in [0.25, 0.3) is 0 Å². The first-order chi connectivity index (χ1) is 12.9. The SMILES string of the molecule is O=C1c2ccccc2-c2ccc(CC(NC[P+]([O-])([O-])[O-])c3nn[nH]n3)cc21. The van der Waals surface area contributed by atoms with Crippen LogP contribution in [0.3, 0.4) is 0 Å². The molecule has 4 rings (SSSR count). The summed E-state index contributed by atoms with van der Waals surface area (Å²) in [6.07, 6.45) is -0.446. The summed E-state index contributed by atoms with van der Waals surface area (Å²) in [5, 5.41) is 16.1. The standard InChI is InChI=1S/C17H16N5O4P/c23-16-13-4-2-1-3-11(13)12-6-5-10(7-14(12)16)8-15(17-19-21-22-20-17)18-9-27(24,25)26/h1-7,15,18H,8-9H2,(H2,24,25,26)(H,19,20,21,22)/p-2. The molecule has 0 saturated heterocycles. The van der Waals surface area contributed by atoms with Gasteiger partial charge in [0.15, 0.2) is 11.6 Å². The maximum absolute atomic E-state index is 12.6. The van der Waals surface area contributed by atoms with E-state index in [4.69, 9.17) is 0 Å². The first-order valence-corrected chi connectivity index (χ1v) is 9.90. The minimum atomic E-state index is -4.74. The Hall–Kier alpha value is -2.55. The third-order valence-electron chi connectivity index (χ3n) is 4.44. The molecule has 0 aliphatic heterocycles. The normalized spacial score (nSPS) is 14.1. The lowest BCUT2D eigenvalue weighted by Crippen LogP contribution is -2.41. The van der Waals surface area contributed by atoms with E-state index in [1.165, 1.54) is 0 Å². The fraction of sp³-hybridized carbons (Fsp3) is 0.176. The average Bonchev–Trinajstić information content (AvgIpc) is 3.26. The molecule has 2 N–H and O–H groups in total. The molecular weight excluding hydrogens is 369 g/mol. The molecule has 0 radical (unpaired) electrons. The number of carbonyl (C=O) groups excluding carboxylic acids is 1. The molecule has 0 fully saturated rings. The summed E-state index contributed by atoms with van der Waals surface area (Å²) in [4.78, 5) is 45.6. The van der Waals surface area contributed by atoms with E-state index in [1.807, 2.05) is 30.3 Å². The highest BCUT2D eigenvalue weighted by Crippen LogP contribution is 2.37. The molecule has 2 aromatic carbocycles. The zero-order chi connectivity index (χ0) is 19.0. The topological polar surface area (TPSA) is 153 Å². The maximum Gasteiger partial charge on any atom is 0.194 e. The number of ketones is 1. The highest BCUT2D eigenvalue weighted by atomic mass is 31.2. The third-order valence-corrected chi connectivity index (χ3v) is 5.00. The van der Waals surface area contributed by atoms with Crippen molar-refractivity contribution in [3.63, 3.8) is 0 Å². The zero-order valence-electron chi connectivity index (χ0n) is 14.0. The Kier molecular flexibility index (Phi) is 4.55. The Morgan fingerprint density at radius 1 is 1.04 bits per heavy atom. The summed E-state index contributed by atoms with van der Waals surface area (Å²) in [5.41, 5.74) is 3.81. The molecule has 1 aromatic heterocycles. The second kappa shape index (κ2) is 6.88. The Balaban J connectivity index is 1.61. The number of H-pyrrole nitrogens is 1. The molecule has 1 atom stereocenters. The monoisotopic (exact) mass is 383 g/mol. The van der Waals surface area contributed by atoms with Crippen LogP contribution in [-0.2, 0) is 6.42 Å². The molecule has 27 heavy (non-hydrogen) atoms. The van der Waals surface area contributed by atoms with Gasteiger partial charge in [-0.1, -0.05) is 41.6 Å². The fourth-order valence-electron chi connectivity index (χ4n) is 3.23. The van der Waals surface area contributed by atoms with Gasteiger partial charge in [-0.2, -0.15) is 5.21 Å². The van der Waals surface area contributed by atoms with E-state index in [2.05, 4.69) is 25.9 Å². The highest BCUT2D eigenvalue weighted by Gasteiger charge is 2.27. The summed E-state index contributed by atoms with van der Waals surface area (Å²) in [5.74, 6) is 0.189. The largest absolute Gasteiger partial charge is 0.687 e. The van der Waals surface area contributed by atoms with E-state index in [0.29, 0.717) is 11.1 Å². The lowest BCUT2D eigenvalue weighted by molar-refractivity contribution is -0.428. The smallest absolute Gasteiger partial charge is 0.194 e. The van der Waals surface area contributed by atoms with Crippen molar-refractivity contribution < 1.29 is 19.5 Å². The van der Waals surface area contributed by atoms with Crippen LogP contribution >= 0.6 is 7.94 Å². The minimum absolute atomic E-state index is 0.0462. The van der Waals surface area contributed by atoms with Crippen LogP contribution in [0.5, 0.6) is 0 Å². The van der Waals surface area contributed by atoms with Gasteiger partial charge < -0.3 is 14.7 Å². The van der Waals surface area contributed by atoms with Crippen LogP contribution in [-0.4, -0.2) is 32.7 Å². The molecular formula is C17H14N5O4P-2. The minimum Gasteiger partial charge on any atom is -0.687 e. The van der Waals surface area contributed by atoms with Gasteiger partial charge in [0.1, 0.15) is 0 Å². The second-order valence-electron chi connectivity index (χ2n) is 6.25. The molecule has 0 amide bonds. The molecule has 1 aliphatic rings. The van der Waals surface area contributed by atoms with Crippen LogP contribution < -0.4 is 20.0 Å². The lowest BCUT2D eigenvalue weighted by Gasteiger charge is -2.42. The number of benzene rings is 2. The van der Waals surface area contributed by atoms with Crippen LogP contribution in [0.1, 0.15) is 33.4 Å². The van der Waals surface area contributed by atoms with Crippen LogP contribution in [0, 0.1) is 0 Å². The Morgan fingerprint density at radius 2 is 1.78 bits per heavy atom. The van der Waals surface area contributed by atoms with Crippen molar-refractivity contribution in [1.82, 2.24) is 25.9 Å². The Morgan fingerprint density at radius 3 is 2.48 bits per heavy atom. The summed E-state index contributed by atoms with van der Waals surface area (Å²) in [7, 11) is -4.74. The van der Waals surface area contributed by atoms with E-state index in [-0.39, 0.29) is 18.0 Å². The quantitative estimate of drug-likeness (QED) is 0.406. The predicted molar refractivity (Wildman–Crippen MR) is 90.9 cm³/mol. The van der Waals surface area contributed by atoms with Gasteiger partial charge >= 0.3 is 0 Å². The molecule has 0 saturated carbocycles. The van der Waals surface area contributed by atoms with Gasteiger partial charge in [0.05, 0.1) is 12.3 Å². The maximum atomic E-state index is 12.6. The molecule has 3 aromatic rings. The summed E-state index contributed by atoms with van der Waals surface area (Å²) >= 11 is 0. The van der Waals surface area contributed by atoms with Crippen LogP contribution in [0.4, 0.5) is 0 Å². The van der Waals surface area contributed by atoms with Crippen molar-refractivity contribution >= 4 is 13.7 Å². The number of hydrogen-bond acceptors (Lipinski definition) is 8. The molecule has 0 bridgehead atoms. The van der Waals surface area contributed by atoms with E-state index in [0.717, 1.165) is 16.7 Å². The highest BCUT2D eigenvalue weighted by molar-refractivity contribution is 7.54. The molecule has 1 heterocycles. The Bertz CT molecular complexity index is 987. The van der Waals surface area contributed by atoms with Crippen molar-refractivity contribution in [3.05, 3.63) is 65.0 Å². The number of aromatic nitrogens is 4. The van der Waals surface area contributed by atoms with Gasteiger partial charge in [0.2, 0.25) is 0 Å². The number of nitrogens with zero attached hydrogens (tertiary/aromatic N) is 3. The van der Waals surface area contributed by atoms with E-state index in [9.17, 15) is 19.5 Å².